The van der Waals surface area contributed by atoms with Crippen LogP contribution in [0.25, 0.3) is 4.85 Å². The third-order valence-corrected chi connectivity index (χ3v) is 5.01. The van der Waals surface area contributed by atoms with Gasteiger partial charge in [0, 0.05) is 18.9 Å². The highest BCUT2D eigenvalue weighted by Crippen LogP contribution is 2.61. The van der Waals surface area contributed by atoms with Gasteiger partial charge < -0.3 is 14.7 Å². The van der Waals surface area contributed by atoms with Crippen LogP contribution in [0.15, 0.2) is 12.2 Å². The minimum absolute atomic E-state index is 0.0757. The van der Waals surface area contributed by atoms with E-state index in [1.54, 1.807) is 0 Å². The van der Waals surface area contributed by atoms with Crippen molar-refractivity contribution in [2.24, 2.45) is 17.3 Å². The fourth-order valence-electron chi connectivity index (χ4n) is 3.90. The Kier molecular flexibility index (Phi) is 4.49. The van der Waals surface area contributed by atoms with Gasteiger partial charge in [-0.3, -0.25) is 4.79 Å². The number of unbranched alkanes of at least 4 members (excludes halogenated alkanes) is 2. The number of carbonyl (C=O) groups is 1. The molecule has 2 aliphatic rings. The summed E-state index contributed by atoms with van der Waals surface area (Å²) in [6, 6.07) is -0.417. The zero-order valence-electron chi connectivity index (χ0n) is 12.1. The summed E-state index contributed by atoms with van der Waals surface area (Å²) in [6.45, 7) is 14.6. The van der Waals surface area contributed by atoms with Gasteiger partial charge in [0.25, 0.3) is 0 Å². The van der Waals surface area contributed by atoms with E-state index in [1.165, 1.54) is 0 Å². The molecule has 4 unspecified atom stereocenters. The lowest BCUT2D eigenvalue weighted by atomic mass is 9.75. The van der Waals surface area contributed by atoms with E-state index in [-0.39, 0.29) is 11.8 Å². The monoisotopic (exact) mass is 277 g/mol. The molecule has 0 radical (unpaired) electrons. The number of nitrogens with zero attached hydrogens (tertiary/aromatic N) is 1. The third-order valence-electron chi connectivity index (χ3n) is 5.01. The Morgan fingerprint density at radius 2 is 2.35 bits per heavy atom. The lowest BCUT2D eigenvalue weighted by Crippen LogP contribution is -2.42. The molecule has 2 bridgehead atoms. The maximum atomic E-state index is 11.8. The van der Waals surface area contributed by atoms with Crippen molar-refractivity contribution in [2.45, 2.75) is 45.1 Å². The topological polar surface area (TPSA) is 50.9 Å². The van der Waals surface area contributed by atoms with Crippen molar-refractivity contribution >= 4 is 5.97 Å². The van der Waals surface area contributed by atoms with Crippen molar-refractivity contribution in [2.75, 3.05) is 13.2 Å². The average molecular weight is 277 g/mol. The van der Waals surface area contributed by atoms with E-state index in [9.17, 15) is 9.90 Å². The highest BCUT2D eigenvalue weighted by atomic mass is 16.5. The largest absolute Gasteiger partial charge is 0.481 e. The molecule has 0 spiro atoms. The van der Waals surface area contributed by atoms with Gasteiger partial charge in [-0.25, -0.2) is 6.57 Å². The molecule has 2 aliphatic carbocycles. The quantitative estimate of drug-likeness (QED) is 0.442. The Bertz CT molecular complexity index is 439. The highest BCUT2D eigenvalue weighted by molar-refractivity contribution is 5.79. The van der Waals surface area contributed by atoms with Gasteiger partial charge >= 0.3 is 5.97 Å². The van der Waals surface area contributed by atoms with Crippen LogP contribution in [-0.2, 0) is 9.53 Å². The van der Waals surface area contributed by atoms with Crippen molar-refractivity contribution < 1.29 is 14.6 Å². The van der Waals surface area contributed by atoms with Gasteiger partial charge in [-0.05, 0) is 18.8 Å². The van der Waals surface area contributed by atoms with Crippen molar-refractivity contribution in [3.05, 3.63) is 23.6 Å². The lowest BCUT2D eigenvalue weighted by Gasteiger charge is -2.26. The van der Waals surface area contributed by atoms with Gasteiger partial charge in [0.05, 0.1) is 6.61 Å². The van der Waals surface area contributed by atoms with Crippen LogP contribution >= 0.6 is 0 Å². The normalized spacial score (nSPS) is 35.2. The van der Waals surface area contributed by atoms with Crippen LogP contribution in [0.1, 0.15) is 39.0 Å². The molecule has 0 aliphatic heterocycles. The molecule has 2 fully saturated rings. The fourth-order valence-corrected chi connectivity index (χ4v) is 3.90. The van der Waals surface area contributed by atoms with Crippen LogP contribution in [-0.4, -0.2) is 30.3 Å². The van der Waals surface area contributed by atoms with Crippen molar-refractivity contribution in [3.8, 4) is 0 Å². The number of hydrogen-bond donors (Lipinski definition) is 1. The van der Waals surface area contributed by atoms with Crippen molar-refractivity contribution in [1.82, 2.24) is 0 Å². The van der Waals surface area contributed by atoms with Crippen LogP contribution in [0.3, 0.4) is 0 Å². The first-order valence-corrected chi connectivity index (χ1v) is 7.43. The first kappa shape index (κ1) is 15.1. The molecule has 1 N–H and O–H groups in total. The van der Waals surface area contributed by atoms with Gasteiger partial charge in [-0.2, -0.15) is 0 Å². The van der Waals surface area contributed by atoms with Gasteiger partial charge in [0.2, 0.25) is 6.04 Å². The van der Waals surface area contributed by atoms with E-state index < -0.39 is 17.4 Å². The Labute approximate surface area is 120 Å². The van der Waals surface area contributed by atoms with Crippen molar-refractivity contribution in [1.29, 1.82) is 0 Å². The molecule has 110 valence electrons. The highest BCUT2D eigenvalue weighted by Gasteiger charge is 2.69. The second-order valence-electron chi connectivity index (χ2n) is 6.06. The number of aliphatic carboxylic acids is 1. The molecular weight excluding hydrogens is 254 g/mol. The van der Waals surface area contributed by atoms with E-state index in [2.05, 4.69) is 18.3 Å². The summed E-state index contributed by atoms with van der Waals surface area (Å²) in [5.74, 6) is -0.772. The summed E-state index contributed by atoms with van der Waals surface area (Å²) in [7, 11) is 0. The second kappa shape index (κ2) is 5.97. The van der Waals surface area contributed by atoms with Crippen LogP contribution < -0.4 is 0 Å². The molecule has 2 saturated carbocycles. The van der Waals surface area contributed by atoms with Crippen molar-refractivity contribution in [3.63, 3.8) is 0 Å². The summed E-state index contributed by atoms with van der Waals surface area (Å²) in [5.41, 5.74) is 0.0447. The van der Waals surface area contributed by atoms with E-state index in [1.807, 2.05) is 0 Å². The summed E-state index contributed by atoms with van der Waals surface area (Å²) >= 11 is 0. The number of carboxylic acids is 1. The Balaban J connectivity index is 2.05. The first-order valence-electron chi connectivity index (χ1n) is 7.43. The smallest absolute Gasteiger partial charge is 0.318 e. The third kappa shape index (κ3) is 2.25. The van der Waals surface area contributed by atoms with Crippen LogP contribution in [0, 0.1) is 23.8 Å². The zero-order chi connectivity index (χ0) is 14.8. The first-order chi connectivity index (χ1) is 9.57. The Hall–Kier alpha value is -1.34. The maximum absolute atomic E-state index is 11.8. The number of hydrogen-bond acceptors (Lipinski definition) is 2. The zero-order valence-corrected chi connectivity index (χ0v) is 12.1. The lowest BCUT2D eigenvalue weighted by molar-refractivity contribution is -0.152. The number of fused-ring (bicyclic) bond motifs is 2. The molecule has 20 heavy (non-hydrogen) atoms. The van der Waals surface area contributed by atoms with Crippen LogP contribution in [0.5, 0.6) is 0 Å². The standard InChI is InChI=1S/C16H23NO3/c1-4-5-6-7-20-10-13-12-8-14(17-3)16(13,15(18)19)9-11(12)2/h12-14H,2,4-10H2,1H3,(H,18,19). The SMILES string of the molecule is [C-]#[N+]C1CC2C(=C)CC1(C(=O)O)C2COCCCCC. The van der Waals surface area contributed by atoms with E-state index in [4.69, 9.17) is 11.3 Å². The minimum Gasteiger partial charge on any atom is -0.481 e. The summed E-state index contributed by atoms with van der Waals surface area (Å²) in [6.07, 6.45) is 4.38. The predicted molar refractivity (Wildman–Crippen MR) is 76.2 cm³/mol. The molecule has 4 heteroatoms. The van der Waals surface area contributed by atoms with E-state index in [0.29, 0.717) is 26.1 Å². The molecule has 0 amide bonds. The second-order valence-corrected chi connectivity index (χ2v) is 6.06. The van der Waals surface area contributed by atoms with Gasteiger partial charge in [0.1, 0.15) is 0 Å². The minimum atomic E-state index is -0.950. The van der Waals surface area contributed by atoms with Gasteiger partial charge in [-0.15, -0.1) is 0 Å². The molecule has 0 aromatic heterocycles. The number of rotatable bonds is 7. The Morgan fingerprint density at radius 1 is 1.60 bits per heavy atom. The molecule has 2 rings (SSSR count). The fraction of sp³-hybridized carbons (Fsp3) is 0.750. The molecule has 0 aromatic rings. The molecule has 0 aromatic carbocycles. The number of ether oxygens (including phenoxy) is 1. The predicted octanol–water partition coefficient (Wildman–Crippen LogP) is 3.15. The maximum Gasteiger partial charge on any atom is 0.318 e. The summed E-state index contributed by atoms with van der Waals surface area (Å²) in [5, 5.41) is 9.68. The van der Waals surface area contributed by atoms with Crippen LogP contribution in [0.2, 0.25) is 0 Å². The summed E-state index contributed by atoms with van der Waals surface area (Å²) < 4.78 is 5.71. The summed E-state index contributed by atoms with van der Waals surface area (Å²) in [4.78, 5) is 15.4. The Morgan fingerprint density at radius 3 is 2.95 bits per heavy atom. The molecule has 0 saturated heterocycles. The number of carboxylic acid groups (broad SMARTS) is 1. The molecule has 0 heterocycles. The van der Waals surface area contributed by atoms with Crippen LogP contribution in [0.4, 0.5) is 0 Å². The average Bonchev–Trinajstić information content (AvgIpc) is 2.88. The van der Waals surface area contributed by atoms with Gasteiger partial charge in [0.15, 0.2) is 5.41 Å². The van der Waals surface area contributed by atoms with E-state index >= 15 is 0 Å². The molecule has 4 atom stereocenters. The van der Waals surface area contributed by atoms with E-state index in [0.717, 1.165) is 24.8 Å². The number of allylic oxidation sites excluding steroid dienone is 1. The molecular formula is C16H23NO3. The molecule has 4 nitrogen and oxygen atoms in total. The van der Waals surface area contributed by atoms with Gasteiger partial charge in [-0.1, -0.05) is 31.9 Å².